The lowest BCUT2D eigenvalue weighted by atomic mass is 10.1. The van der Waals surface area contributed by atoms with E-state index in [-0.39, 0.29) is 17.8 Å². The van der Waals surface area contributed by atoms with E-state index in [9.17, 15) is 19.2 Å². The number of nitrogens with one attached hydrogen (secondary N) is 1. The Balaban J connectivity index is 2.79. The zero-order valence-corrected chi connectivity index (χ0v) is 11.2. The molecule has 0 fully saturated rings. The summed E-state index contributed by atoms with van der Waals surface area (Å²) in [5, 5.41) is 19.9. The standard InChI is InChI=1S/C13H14N2O6/c1-8(16)15(6-11(17)18)7-14-12(19)9-4-2-3-5-10(9)13(20)21/h2-5H,6-7H2,1H3,(H,14,19)(H,17,18)(H,20,21). The van der Waals surface area contributed by atoms with Crippen LogP contribution in [0, 0.1) is 0 Å². The van der Waals surface area contributed by atoms with Gasteiger partial charge >= 0.3 is 11.9 Å². The van der Waals surface area contributed by atoms with Crippen molar-refractivity contribution in [3.05, 3.63) is 35.4 Å². The molecule has 0 bridgehead atoms. The average Bonchev–Trinajstić information content (AvgIpc) is 2.42. The normalized spacial score (nSPS) is 9.76. The van der Waals surface area contributed by atoms with E-state index in [4.69, 9.17) is 10.2 Å². The van der Waals surface area contributed by atoms with Crippen LogP contribution in [-0.4, -0.2) is 52.1 Å². The second-order valence-corrected chi connectivity index (χ2v) is 4.13. The molecule has 21 heavy (non-hydrogen) atoms. The first-order valence-corrected chi connectivity index (χ1v) is 5.90. The van der Waals surface area contributed by atoms with Gasteiger partial charge in [-0.05, 0) is 12.1 Å². The number of nitrogens with zero attached hydrogens (tertiary/aromatic N) is 1. The number of rotatable bonds is 6. The number of carboxylic acids is 2. The Kier molecular flexibility index (Phi) is 5.41. The maximum atomic E-state index is 11.9. The van der Waals surface area contributed by atoms with E-state index in [0.29, 0.717) is 0 Å². The minimum atomic E-state index is -1.25. The van der Waals surface area contributed by atoms with Crippen LogP contribution in [0.15, 0.2) is 24.3 Å². The van der Waals surface area contributed by atoms with Gasteiger partial charge in [-0.2, -0.15) is 0 Å². The van der Waals surface area contributed by atoms with Crippen LogP contribution in [0.3, 0.4) is 0 Å². The third-order valence-corrected chi connectivity index (χ3v) is 2.60. The third-order valence-electron chi connectivity index (χ3n) is 2.60. The molecule has 112 valence electrons. The molecule has 8 nitrogen and oxygen atoms in total. The van der Waals surface area contributed by atoms with Gasteiger partial charge in [-0.25, -0.2) is 4.79 Å². The van der Waals surface area contributed by atoms with Crippen molar-refractivity contribution in [2.75, 3.05) is 13.2 Å². The maximum absolute atomic E-state index is 11.9. The molecular formula is C13H14N2O6. The summed E-state index contributed by atoms with van der Waals surface area (Å²) < 4.78 is 0. The zero-order chi connectivity index (χ0) is 16.0. The lowest BCUT2D eigenvalue weighted by molar-refractivity contribution is -0.143. The minimum Gasteiger partial charge on any atom is -0.480 e. The summed E-state index contributed by atoms with van der Waals surface area (Å²) in [5.41, 5.74) is -0.244. The Hall–Kier alpha value is -2.90. The van der Waals surface area contributed by atoms with Crippen LogP contribution in [0.5, 0.6) is 0 Å². The van der Waals surface area contributed by atoms with E-state index in [2.05, 4.69) is 5.32 Å². The Morgan fingerprint density at radius 1 is 1.10 bits per heavy atom. The Labute approximate surface area is 120 Å². The molecule has 0 unspecified atom stereocenters. The number of aromatic carboxylic acids is 1. The van der Waals surface area contributed by atoms with Crippen LogP contribution in [0.1, 0.15) is 27.6 Å². The molecule has 0 heterocycles. The topological polar surface area (TPSA) is 124 Å². The van der Waals surface area contributed by atoms with Crippen LogP contribution in [0.2, 0.25) is 0 Å². The highest BCUT2D eigenvalue weighted by atomic mass is 16.4. The summed E-state index contributed by atoms with van der Waals surface area (Å²) in [4.78, 5) is 45.6. The van der Waals surface area contributed by atoms with Crippen molar-refractivity contribution in [2.45, 2.75) is 6.92 Å². The largest absolute Gasteiger partial charge is 0.480 e. The van der Waals surface area contributed by atoms with Crippen LogP contribution in [-0.2, 0) is 9.59 Å². The lowest BCUT2D eigenvalue weighted by Gasteiger charge is -2.19. The molecule has 1 rings (SSSR count). The molecule has 0 aliphatic carbocycles. The van der Waals surface area contributed by atoms with Gasteiger partial charge in [0, 0.05) is 6.92 Å². The van der Waals surface area contributed by atoms with Crippen LogP contribution >= 0.6 is 0 Å². The van der Waals surface area contributed by atoms with Gasteiger partial charge in [0.15, 0.2) is 0 Å². The van der Waals surface area contributed by atoms with E-state index in [0.717, 1.165) is 4.90 Å². The summed E-state index contributed by atoms with van der Waals surface area (Å²) in [7, 11) is 0. The van der Waals surface area contributed by atoms with Crippen molar-refractivity contribution in [1.82, 2.24) is 10.2 Å². The van der Waals surface area contributed by atoms with E-state index in [1.165, 1.54) is 31.2 Å². The SMILES string of the molecule is CC(=O)N(CNC(=O)c1ccccc1C(=O)O)CC(=O)O. The van der Waals surface area contributed by atoms with Crippen molar-refractivity contribution in [2.24, 2.45) is 0 Å². The highest BCUT2D eigenvalue weighted by Crippen LogP contribution is 2.08. The Morgan fingerprint density at radius 3 is 2.14 bits per heavy atom. The van der Waals surface area contributed by atoms with Crippen molar-refractivity contribution in [3.8, 4) is 0 Å². The fourth-order valence-electron chi connectivity index (χ4n) is 1.57. The van der Waals surface area contributed by atoms with E-state index < -0.39 is 30.3 Å². The van der Waals surface area contributed by atoms with E-state index >= 15 is 0 Å². The summed E-state index contributed by atoms with van der Waals surface area (Å²) in [6, 6.07) is 5.58. The summed E-state index contributed by atoms with van der Waals surface area (Å²) in [6.07, 6.45) is 0. The molecule has 3 N–H and O–H groups in total. The molecule has 0 radical (unpaired) electrons. The van der Waals surface area contributed by atoms with E-state index in [1.54, 1.807) is 0 Å². The van der Waals surface area contributed by atoms with Crippen LogP contribution in [0.25, 0.3) is 0 Å². The number of carboxylic acid groups (broad SMARTS) is 2. The first-order chi connectivity index (χ1) is 9.82. The van der Waals surface area contributed by atoms with Crippen LogP contribution < -0.4 is 5.32 Å². The van der Waals surface area contributed by atoms with Crippen LogP contribution in [0.4, 0.5) is 0 Å². The van der Waals surface area contributed by atoms with Gasteiger partial charge in [0.05, 0.1) is 17.8 Å². The zero-order valence-electron chi connectivity index (χ0n) is 11.2. The molecule has 0 spiro atoms. The predicted octanol–water partition coefficient (Wildman–Crippen LogP) is 0.00520. The van der Waals surface area contributed by atoms with Gasteiger partial charge in [0.25, 0.3) is 5.91 Å². The number of hydrogen-bond donors (Lipinski definition) is 3. The minimum absolute atomic E-state index is 0.0659. The highest BCUT2D eigenvalue weighted by molar-refractivity contribution is 6.04. The fraction of sp³-hybridized carbons (Fsp3) is 0.231. The van der Waals surface area contributed by atoms with Crippen molar-refractivity contribution < 1.29 is 29.4 Å². The van der Waals surface area contributed by atoms with Crippen molar-refractivity contribution in [1.29, 1.82) is 0 Å². The molecule has 1 aromatic carbocycles. The number of benzene rings is 1. The van der Waals surface area contributed by atoms with Crippen molar-refractivity contribution in [3.63, 3.8) is 0 Å². The van der Waals surface area contributed by atoms with Gasteiger partial charge < -0.3 is 20.4 Å². The lowest BCUT2D eigenvalue weighted by Crippen LogP contribution is -2.43. The summed E-state index contributed by atoms with van der Waals surface area (Å²) in [5.74, 6) is -3.70. The molecule has 0 atom stereocenters. The molecule has 0 aliphatic heterocycles. The monoisotopic (exact) mass is 294 g/mol. The molecule has 0 saturated heterocycles. The smallest absolute Gasteiger partial charge is 0.336 e. The van der Waals surface area contributed by atoms with Crippen molar-refractivity contribution >= 4 is 23.8 Å². The molecule has 0 aromatic heterocycles. The Morgan fingerprint density at radius 2 is 1.67 bits per heavy atom. The molecule has 2 amide bonds. The van der Waals surface area contributed by atoms with Gasteiger partial charge in [0.2, 0.25) is 5.91 Å². The molecule has 0 saturated carbocycles. The quantitative estimate of drug-likeness (QED) is 0.635. The molecule has 8 heteroatoms. The number of hydrogen-bond acceptors (Lipinski definition) is 4. The Bertz CT molecular complexity index is 584. The van der Waals surface area contributed by atoms with Gasteiger partial charge in [-0.1, -0.05) is 12.1 Å². The maximum Gasteiger partial charge on any atom is 0.336 e. The number of carbonyl (C=O) groups is 4. The first kappa shape index (κ1) is 16.2. The van der Waals surface area contributed by atoms with Gasteiger partial charge in [0.1, 0.15) is 6.54 Å². The number of carbonyl (C=O) groups excluding carboxylic acids is 2. The molecule has 0 aliphatic rings. The third kappa shape index (κ3) is 4.60. The molecular weight excluding hydrogens is 280 g/mol. The second-order valence-electron chi connectivity index (χ2n) is 4.13. The van der Waals surface area contributed by atoms with E-state index in [1.807, 2.05) is 0 Å². The number of amides is 2. The predicted molar refractivity (Wildman–Crippen MR) is 70.8 cm³/mol. The fourth-order valence-corrected chi connectivity index (χ4v) is 1.57. The average molecular weight is 294 g/mol. The second kappa shape index (κ2) is 7.04. The first-order valence-electron chi connectivity index (χ1n) is 5.90. The summed E-state index contributed by atoms with van der Waals surface area (Å²) >= 11 is 0. The number of aliphatic carboxylic acids is 1. The van der Waals surface area contributed by atoms with Gasteiger partial charge in [-0.15, -0.1) is 0 Å². The molecule has 1 aromatic rings. The van der Waals surface area contributed by atoms with Gasteiger partial charge in [-0.3, -0.25) is 14.4 Å². The highest BCUT2D eigenvalue weighted by Gasteiger charge is 2.18. The summed E-state index contributed by atoms with van der Waals surface area (Å²) in [6.45, 7) is 0.283.